The Kier molecular flexibility index (Phi) is 5.91. The largest absolute Gasteiger partial charge is 0.489 e. The van der Waals surface area contributed by atoms with Crippen LogP contribution in [0, 0.1) is 0 Å². The van der Waals surface area contributed by atoms with E-state index in [2.05, 4.69) is 20.7 Å². The van der Waals surface area contributed by atoms with Crippen molar-refractivity contribution in [3.8, 4) is 17.0 Å². The lowest BCUT2D eigenvalue weighted by Gasteiger charge is -2.07. The maximum Gasteiger partial charge on any atom is 0.289 e. The zero-order chi connectivity index (χ0) is 20.8. The molecule has 4 aromatic rings. The fourth-order valence-corrected chi connectivity index (χ4v) is 2.76. The molecule has 0 bridgehead atoms. The highest BCUT2D eigenvalue weighted by Gasteiger charge is 2.10. The minimum absolute atomic E-state index is 0.296. The number of furan rings is 1. The number of carbonyl (C=O) groups is 1. The molecule has 2 aromatic heterocycles. The van der Waals surface area contributed by atoms with Gasteiger partial charge in [0, 0.05) is 10.6 Å². The number of carbonyl (C=O) groups excluding carboxylic acids is 1. The summed E-state index contributed by atoms with van der Waals surface area (Å²) in [6.45, 7) is 0.446. The molecular formula is C22H17ClN4O3. The molecule has 0 spiro atoms. The number of nitrogens with zero attached hydrogens (tertiary/aromatic N) is 2. The van der Waals surface area contributed by atoms with Crippen molar-refractivity contribution in [2.45, 2.75) is 6.61 Å². The van der Waals surface area contributed by atoms with E-state index >= 15 is 0 Å². The average molecular weight is 421 g/mol. The highest BCUT2D eigenvalue weighted by atomic mass is 35.5. The van der Waals surface area contributed by atoms with Crippen molar-refractivity contribution in [3.05, 3.63) is 95.0 Å². The average Bonchev–Trinajstić information content (AvgIpc) is 3.46. The van der Waals surface area contributed by atoms with Gasteiger partial charge in [-0.1, -0.05) is 23.7 Å². The number of halogens is 1. The van der Waals surface area contributed by atoms with Crippen molar-refractivity contribution in [2.75, 3.05) is 0 Å². The van der Waals surface area contributed by atoms with Crippen LogP contribution < -0.4 is 10.2 Å². The molecule has 0 aliphatic heterocycles. The lowest BCUT2D eigenvalue weighted by atomic mass is 10.1. The number of amides is 1. The summed E-state index contributed by atoms with van der Waals surface area (Å²) in [5, 5.41) is 11.4. The quantitative estimate of drug-likeness (QED) is 0.336. The van der Waals surface area contributed by atoms with Gasteiger partial charge in [-0.15, -0.1) is 0 Å². The van der Waals surface area contributed by atoms with E-state index in [0.29, 0.717) is 28.8 Å². The molecule has 0 atom stereocenters. The minimum Gasteiger partial charge on any atom is -0.489 e. The van der Waals surface area contributed by atoms with E-state index in [1.165, 1.54) is 12.5 Å². The van der Waals surface area contributed by atoms with Gasteiger partial charge in [0.2, 0.25) is 0 Å². The predicted octanol–water partition coefficient (Wildman–Crippen LogP) is 4.67. The molecule has 0 aliphatic carbocycles. The summed E-state index contributed by atoms with van der Waals surface area (Å²) in [6, 6.07) is 20.1. The monoisotopic (exact) mass is 420 g/mol. The molecule has 1 amide bonds. The molecule has 0 unspecified atom stereocenters. The molecule has 0 aliphatic rings. The van der Waals surface area contributed by atoms with Crippen LogP contribution in [0.25, 0.3) is 11.3 Å². The number of aromatic amines is 1. The number of hydrogen-bond donors (Lipinski definition) is 2. The van der Waals surface area contributed by atoms with Crippen LogP contribution in [0.2, 0.25) is 5.02 Å². The standard InChI is InChI=1S/C22H17ClN4O3/c23-17-7-3-15(4-8-17)14-30-18-9-5-16(6-10-18)20-12-21(26-25-20)22(28)27-24-13-19-2-1-11-29-19/h1-13H,14H2,(H,25,26)(H,27,28). The van der Waals surface area contributed by atoms with Crippen LogP contribution in [0.15, 0.2) is 82.5 Å². The lowest BCUT2D eigenvalue weighted by molar-refractivity contribution is 0.0950. The van der Waals surface area contributed by atoms with Crippen molar-refractivity contribution in [1.29, 1.82) is 0 Å². The number of ether oxygens (including phenoxy) is 1. The van der Waals surface area contributed by atoms with Gasteiger partial charge in [-0.05, 0) is 60.2 Å². The van der Waals surface area contributed by atoms with Crippen molar-refractivity contribution >= 4 is 23.7 Å². The summed E-state index contributed by atoms with van der Waals surface area (Å²) in [7, 11) is 0. The minimum atomic E-state index is -0.403. The second-order valence-corrected chi connectivity index (χ2v) is 6.76. The maximum atomic E-state index is 12.2. The van der Waals surface area contributed by atoms with Crippen LogP contribution in [0.1, 0.15) is 21.8 Å². The summed E-state index contributed by atoms with van der Waals surface area (Å²) in [5.74, 6) is 0.868. The van der Waals surface area contributed by atoms with Crippen LogP contribution in [0.3, 0.4) is 0 Å². The smallest absolute Gasteiger partial charge is 0.289 e. The van der Waals surface area contributed by atoms with Crippen LogP contribution >= 0.6 is 11.6 Å². The molecule has 2 aromatic carbocycles. The molecule has 0 saturated heterocycles. The SMILES string of the molecule is O=C(NN=Cc1ccco1)c1cc(-c2ccc(OCc3ccc(Cl)cc3)cc2)n[nH]1. The third kappa shape index (κ3) is 4.95. The Morgan fingerprint density at radius 3 is 2.70 bits per heavy atom. The molecular weight excluding hydrogens is 404 g/mol. The van der Waals surface area contributed by atoms with Crippen LogP contribution in [0.4, 0.5) is 0 Å². The molecule has 0 radical (unpaired) electrons. The van der Waals surface area contributed by atoms with Crippen molar-refractivity contribution < 1.29 is 13.9 Å². The second kappa shape index (κ2) is 9.11. The van der Waals surface area contributed by atoms with Gasteiger partial charge in [-0.2, -0.15) is 10.2 Å². The first kappa shape index (κ1) is 19.5. The van der Waals surface area contributed by atoms with Crippen LogP contribution in [0.5, 0.6) is 5.75 Å². The Hall–Kier alpha value is -3.84. The number of rotatable bonds is 7. The van der Waals surface area contributed by atoms with Gasteiger partial charge in [0.1, 0.15) is 23.8 Å². The van der Waals surface area contributed by atoms with E-state index in [1.54, 1.807) is 18.2 Å². The van der Waals surface area contributed by atoms with Crippen molar-refractivity contribution in [2.24, 2.45) is 5.10 Å². The van der Waals surface area contributed by atoms with E-state index in [1.807, 2.05) is 48.5 Å². The molecule has 2 heterocycles. The first-order valence-corrected chi connectivity index (χ1v) is 9.45. The Bertz CT molecular complexity index is 1130. The molecule has 0 saturated carbocycles. The fourth-order valence-electron chi connectivity index (χ4n) is 2.63. The number of hydrogen-bond acceptors (Lipinski definition) is 5. The fraction of sp³-hybridized carbons (Fsp3) is 0.0455. The Morgan fingerprint density at radius 1 is 1.17 bits per heavy atom. The maximum absolute atomic E-state index is 12.2. The first-order valence-electron chi connectivity index (χ1n) is 9.07. The highest BCUT2D eigenvalue weighted by Crippen LogP contribution is 2.22. The molecule has 30 heavy (non-hydrogen) atoms. The molecule has 0 fully saturated rings. The topological polar surface area (TPSA) is 92.5 Å². The van der Waals surface area contributed by atoms with E-state index in [-0.39, 0.29) is 0 Å². The number of aromatic nitrogens is 2. The zero-order valence-electron chi connectivity index (χ0n) is 15.7. The third-order valence-corrected chi connectivity index (χ3v) is 4.44. The van der Waals surface area contributed by atoms with Gasteiger partial charge in [0.25, 0.3) is 5.91 Å². The second-order valence-electron chi connectivity index (χ2n) is 6.32. The summed E-state index contributed by atoms with van der Waals surface area (Å²) in [6.07, 6.45) is 2.94. The molecule has 150 valence electrons. The summed E-state index contributed by atoms with van der Waals surface area (Å²) in [5.41, 5.74) is 5.23. The number of H-pyrrole nitrogens is 1. The summed E-state index contributed by atoms with van der Waals surface area (Å²) in [4.78, 5) is 12.2. The molecule has 7 nitrogen and oxygen atoms in total. The Morgan fingerprint density at radius 2 is 1.97 bits per heavy atom. The Labute approximate surface area is 177 Å². The summed E-state index contributed by atoms with van der Waals surface area (Å²) >= 11 is 5.89. The van der Waals surface area contributed by atoms with Gasteiger partial charge in [0.05, 0.1) is 18.2 Å². The van der Waals surface area contributed by atoms with E-state index in [0.717, 1.165) is 16.9 Å². The van der Waals surface area contributed by atoms with Crippen LogP contribution in [-0.4, -0.2) is 22.3 Å². The number of benzene rings is 2. The van der Waals surface area contributed by atoms with Gasteiger partial charge < -0.3 is 9.15 Å². The highest BCUT2D eigenvalue weighted by molar-refractivity contribution is 6.30. The summed E-state index contributed by atoms with van der Waals surface area (Å²) < 4.78 is 10.9. The number of hydrazone groups is 1. The normalized spacial score (nSPS) is 11.0. The van der Waals surface area contributed by atoms with E-state index in [9.17, 15) is 4.79 Å². The molecule has 2 N–H and O–H groups in total. The van der Waals surface area contributed by atoms with Crippen molar-refractivity contribution in [1.82, 2.24) is 15.6 Å². The molecule has 8 heteroatoms. The van der Waals surface area contributed by atoms with Gasteiger partial charge >= 0.3 is 0 Å². The first-order chi connectivity index (χ1) is 14.7. The lowest BCUT2D eigenvalue weighted by Crippen LogP contribution is -2.17. The van der Waals surface area contributed by atoms with Gasteiger partial charge in [0.15, 0.2) is 0 Å². The van der Waals surface area contributed by atoms with Gasteiger partial charge in [-0.3, -0.25) is 9.89 Å². The Balaban J connectivity index is 1.34. The van der Waals surface area contributed by atoms with Gasteiger partial charge in [-0.25, -0.2) is 5.43 Å². The third-order valence-electron chi connectivity index (χ3n) is 4.19. The van der Waals surface area contributed by atoms with E-state index < -0.39 is 5.91 Å². The predicted molar refractivity (Wildman–Crippen MR) is 114 cm³/mol. The van der Waals surface area contributed by atoms with Crippen molar-refractivity contribution in [3.63, 3.8) is 0 Å². The number of nitrogens with one attached hydrogen (secondary N) is 2. The van der Waals surface area contributed by atoms with E-state index in [4.69, 9.17) is 20.8 Å². The molecule has 4 rings (SSSR count). The van der Waals surface area contributed by atoms with Crippen LogP contribution in [-0.2, 0) is 6.61 Å². The zero-order valence-corrected chi connectivity index (χ0v) is 16.5.